The molecule has 3 N–H and O–H groups in total. The van der Waals surface area contributed by atoms with Crippen LogP contribution in [0.3, 0.4) is 0 Å². The number of benzene rings is 1. The molecule has 0 radical (unpaired) electrons. The zero-order chi connectivity index (χ0) is 15.2. The molecule has 0 saturated carbocycles. The Hall–Kier alpha value is -2.04. The highest BCUT2D eigenvalue weighted by Crippen LogP contribution is 2.24. The molecule has 21 heavy (non-hydrogen) atoms. The number of carbonyl (C=O) groups is 1. The van der Waals surface area contributed by atoms with Crippen molar-refractivity contribution in [2.75, 3.05) is 13.1 Å². The summed E-state index contributed by atoms with van der Waals surface area (Å²) in [7, 11) is 0. The molecular formula is C16H23N3O2. The minimum atomic E-state index is -0.702. The molecule has 0 bridgehead atoms. The van der Waals surface area contributed by atoms with Gasteiger partial charge in [0.2, 0.25) is 5.91 Å². The Bertz CT molecular complexity index is 502. The molecule has 2 atom stereocenters. The first-order valence-corrected chi connectivity index (χ1v) is 7.48. The van der Waals surface area contributed by atoms with Crippen LogP contribution in [0.15, 0.2) is 35.5 Å². The van der Waals surface area contributed by atoms with Crippen molar-refractivity contribution in [2.24, 2.45) is 16.8 Å². The molecule has 0 aliphatic carbocycles. The van der Waals surface area contributed by atoms with Crippen molar-refractivity contribution >= 4 is 11.7 Å². The molecule has 5 heteroatoms. The van der Waals surface area contributed by atoms with E-state index in [-0.39, 0.29) is 11.7 Å². The van der Waals surface area contributed by atoms with Crippen LogP contribution in [0.4, 0.5) is 0 Å². The van der Waals surface area contributed by atoms with Crippen molar-refractivity contribution in [2.45, 2.75) is 32.1 Å². The average molecular weight is 289 g/mol. The maximum absolute atomic E-state index is 12.8. The summed E-state index contributed by atoms with van der Waals surface area (Å²) in [5, 5.41) is 12.1. The van der Waals surface area contributed by atoms with Gasteiger partial charge in [-0.15, -0.1) is 0 Å². The van der Waals surface area contributed by atoms with E-state index in [1.165, 1.54) is 6.42 Å². The lowest BCUT2D eigenvalue weighted by atomic mass is 9.92. The van der Waals surface area contributed by atoms with Gasteiger partial charge in [-0.2, -0.15) is 0 Å². The second kappa shape index (κ2) is 7.11. The van der Waals surface area contributed by atoms with Crippen molar-refractivity contribution < 1.29 is 10.0 Å². The second-order valence-electron chi connectivity index (χ2n) is 5.57. The van der Waals surface area contributed by atoms with E-state index in [0.717, 1.165) is 31.5 Å². The number of amides is 1. The number of nitrogens with zero attached hydrogens (tertiary/aromatic N) is 2. The fraction of sp³-hybridized carbons (Fsp3) is 0.500. The number of carbonyl (C=O) groups excluding carboxylic acids is 1. The highest BCUT2D eigenvalue weighted by atomic mass is 16.4. The fourth-order valence-corrected chi connectivity index (χ4v) is 2.92. The van der Waals surface area contributed by atoms with E-state index in [1.807, 2.05) is 35.2 Å². The van der Waals surface area contributed by atoms with Crippen molar-refractivity contribution in [3.05, 3.63) is 35.9 Å². The third-order valence-corrected chi connectivity index (χ3v) is 4.20. The summed E-state index contributed by atoms with van der Waals surface area (Å²) in [6, 6.07) is 9.26. The molecule has 114 valence electrons. The van der Waals surface area contributed by atoms with Crippen molar-refractivity contribution in [3.8, 4) is 0 Å². The summed E-state index contributed by atoms with van der Waals surface area (Å²) in [5.74, 6) is -0.280. The van der Waals surface area contributed by atoms with Gasteiger partial charge in [-0.1, -0.05) is 48.8 Å². The van der Waals surface area contributed by atoms with Crippen molar-refractivity contribution in [3.63, 3.8) is 0 Å². The van der Waals surface area contributed by atoms with Gasteiger partial charge in [0.25, 0.3) is 0 Å². The number of rotatable bonds is 4. The molecule has 1 saturated heterocycles. The molecular weight excluding hydrogens is 266 g/mol. The number of amidine groups is 1. The minimum absolute atomic E-state index is 0.0511. The third kappa shape index (κ3) is 3.54. The standard InChI is InChI=1S/C16H23N3O2/c1-2-12-7-6-10-19(11-12)16(20)14(15(17)18-21)13-8-4-3-5-9-13/h3-5,8-9,12,14,21H,2,6-7,10-11H2,1H3,(H2,17,18). The van der Waals surface area contributed by atoms with Crippen LogP contribution < -0.4 is 5.73 Å². The number of hydrogen-bond acceptors (Lipinski definition) is 3. The molecule has 1 amide bonds. The van der Waals surface area contributed by atoms with E-state index in [2.05, 4.69) is 12.1 Å². The topological polar surface area (TPSA) is 78.9 Å². The number of likely N-dealkylation sites (tertiary alicyclic amines) is 1. The molecule has 0 aromatic heterocycles. The normalized spacial score (nSPS) is 21.1. The molecule has 5 nitrogen and oxygen atoms in total. The number of oxime groups is 1. The molecule has 1 fully saturated rings. The van der Waals surface area contributed by atoms with Crippen molar-refractivity contribution in [1.82, 2.24) is 4.90 Å². The Morgan fingerprint density at radius 1 is 1.48 bits per heavy atom. The predicted molar refractivity (Wildman–Crippen MR) is 82.2 cm³/mol. The largest absolute Gasteiger partial charge is 0.409 e. The Kier molecular flexibility index (Phi) is 5.20. The number of nitrogens with two attached hydrogens (primary N) is 1. The number of hydrogen-bond donors (Lipinski definition) is 2. The predicted octanol–water partition coefficient (Wildman–Crippen LogP) is 2.17. The van der Waals surface area contributed by atoms with Crippen LogP contribution >= 0.6 is 0 Å². The van der Waals surface area contributed by atoms with Crippen LogP contribution in [0.5, 0.6) is 0 Å². The lowest BCUT2D eigenvalue weighted by molar-refractivity contribution is -0.133. The van der Waals surface area contributed by atoms with Crippen LogP contribution in [0.1, 0.15) is 37.7 Å². The molecule has 2 unspecified atom stereocenters. The average Bonchev–Trinajstić information content (AvgIpc) is 2.55. The van der Waals surface area contributed by atoms with Gasteiger partial charge in [0, 0.05) is 13.1 Å². The smallest absolute Gasteiger partial charge is 0.237 e. The summed E-state index contributed by atoms with van der Waals surface area (Å²) in [4.78, 5) is 14.7. The molecule has 0 spiro atoms. The van der Waals surface area contributed by atoms with E-state index < -0.39 is 5.92 Å². The minimum Gasteiger partial charge on any atom is -0.409 e. The van der Waals surface area contributed by atoms with Crippen LogP contribution in [0.2, 0.25) is 0 Å². The molecule has 1 aromatic carbocycles. The maximum atomic E-state index is 12.8. The maximum Gasteiger partial charge on any atom is 0.237 e. The van der Waals surface area contributed by atoms with Gasteiger partial charge < -0.3 is 15.8 Å². The first-order chi connectivity index (χ1) is 10.2. The van der Waals surface area contributed by atoms with Gasteiger partial charge in [-0.3, -0.25) is 4.79 Å². The van der Waals surface area contributed by atoms with Crippen LogP contribution in [0, 0.1) is 5.92 Å². The van der Waals surface area contributed by atoms with E-state index in [4.69, 9.17) is 10.9 Å². The third-order valence-electron chi connectivity index (χ3n) is 4.20. The van der Waals surface area contributed by atoms with Gasteiger partial charge in [0.1, 0.15) is 5.92 Å². The van der Waals surface area contributed by atoms with Crippen LogP contribution in [0.25, 0.3) is 0 Å². The van der Waals surface area contributed by atoms with Gasteiger partial charge >= 0.3 is 0 Å². The zero-order valence-corrected chi connectivity index (χ0v) is 12.4. The van der Waals surface area contributed by atoms with E-state index >= 15 is 0 Å². The van der Waals surface area contributed by atoms with E-state index in [1.54, 1.807) is 0 Å². The van der Waals surface area contributed by atoms with Gasteiger partial charge in [-0.05, 0) is 24.3 Å². The monoisotopic (exact) mass is 289 g/mol. The van der Waals surface area contributed by atoms with Crippen LogP contribution in [-0.2, 0) is 4.79 Å². The Morgan fingerprint density at radius 3 is 2.81 bits per heavy atom. The molecule has 2 rings (SSSR count). The van der Waals surface area contributed by atoms with Gasteiger partial charge in [-0.25, -0.2) is 0 Å². The van der Waals surface area contributed by atoms with Gasteiger partial charge in [0.15, 0.2) is 5.84 Å². The zero-order valence-electron chi connectivity index (χ0n) is 12.4. The van der Waals surface area contributed by atoms with E-state index in [0.29, 0.717) is 5.92 Å². The number of piperidine rings is 1. The quantitative estimate of drug-likeness (QED) is 0.386. The molecule has 1 aromatic rings. The summed E-state index contributed by atoms with van der Waals surface area (Å²) < 4.78 is 0. The second-order valence-corrected chi connectivity index (χ2v) is 5.57. The molecule has 1 heterocycles. The highest BCUT2D eigenvalue weighted by Gasteiger charge is 2.32. The lowest BCUT2D eigenvalue weighted by Gasteiger charge is -2.34. The highest BCUT2D eigenvalue weighted by molar-refractivity contribution is 6.07. The summed E-state index contributed by atoms with van der Waals surface area (Å²) >= 11 is 0. The lowest BCUT2D eigenvalue weighted by Crippen LogP contribution is -2.45. The van der Waals surface area contributed by atoms with Gasteiger partial charge in [0.05, 0.1) is 0 Å². The molecule has 1 aliphatic rings. The Morgan fingerprint density at radius 2 is 2.19 bits per heavy atom. The molecule has 1 aliphatic heterocycles. The van der Waals surface area contributed by atoms with Crippen LogP contribution in [-0.4, -0.2) is 34.9 Å². The fourth-order valence-electron chi connectivity index (χ4n) is 2.92. The summed E-state index contributed by atoms with van der Waals surface area (Å²) in [5.41, 5.74) is 6.54. The summed E-state index contributed by atoms with van der Waals surface area (Å²) in [6.45, 7) is 3.66. The van der Waals surface area contributed by atoms with E-state index in [9.17, 15) is 4.79 Å². The Balaban J connectivity index is 2.23. The first kappa shape index (κ1) is 15.4. The summed E-state index contributed by atoms with van der Waals surface area (Å²) in [6.07, 6.45) is 3.26. The Labute approximate surface area is 125 Å². The van der Waals surface area contributed by atoms with Crippen molar-refractivity contribution in [1.29, 1.82) is 0 Å². The first-order valence-electron chi connectivity index (χ1n) is 7.48. The SMILES string of the molecule is CCC1CCCN(C(=O)C(C(N)=NO)c2ccccc2)C1.